The first-order valence-corrected chi connectivity index (χ1v) is 4.65. The minimum atomic E-state index is -4.27. The van der Waals surface area contributed by atoms with E-state index in [9.17, 15) is 13.2 Å². The molecule has 2 atom stereocenters. The molecule has 1 nitrogen and oxygen atoms in total. The van der Waals surface area contributed by atoms with Gasteiger partial charge in [0.2, 0.25) is 0 Å². The minimum absolute atomic E-state index is 0.462. The molecule has 0 bridgehead atoms. The van der Waals surface area contributed by atoms with E-state index >= 15 is 0 Å². The summed E-state index contributed by atoms with van der Waals surface area (Å²) in [6, 6.07) is 0. The molecule has 0 aromatic rings. The number of alkyl halides is 3. The molecule has 2 N–H and O–H groups in total. The van der Waals surface area contributed by atoms with Crippen LogP contribution in [0.15, 0.2) is 0 Å². The van der Waals surface area contributed by atoms with E-state index in [1.165, 1.54) is 0 Å². The van der Waals surface area contributed by atoms with Crippen LogP contribution in [-0.4, -0.2) is 11.7 Å². The van der Waals surface area contributed by atoms with Crippen LogP contribution in [-0.2, 0) is 0 Å². The van der Waals surface area contributed by atoms with Crippen LogP contribution in [0.25, 0.3) is 0 Å². The molecule has 0 spiro atoms. The number of rotatable bonds is 0. The monoisotopic (exact) mass is 195 g/mol. The summed E-state index contributed by atoms with van der Waals surface area (Å²) in [5.41, 5.74) is 3.53. The Labute approximate surface area is 76.5 Å². The summed E-state index contributed by atoms with van der Waals surface area (Å²) in [5.74, 6) is -0.924. The van der Waals surface area contributed by atoms with Gasteiger partial charge >= 0.3 is 6.18 Å². The van der Waals surface area contributed by atoms with Crippen LogP contribution < -0.4 is 5.73 Å². The highest BCUT2D eigenvalue weighted by atomic mass is 19.4. The third-order valence-corrected chi connectivity index (χ3v) is 3.40. The molecule has 4 heteroatoms. The molecule has 1 saturated carbocycles. The van der Waals surface area contributed by atoms with E-state index in [0.717, 1.165) is 6.42 Å². The summed E-state index contributed by atoms with van der Waals surface area (Å²) < 4.78 is 38.1. The lowest BCUT2D eigenvalue weighted by Crippen LogP contribution is -2.63. The summed E-state index contributed by atoms with van der Waals surface area (Å²) in [6.07, 6.45) is -2.25. The lowest BCUT2D eigenvalue weighted by Gasteiger charge is -2.45. The Morgan fingerprint density at radius 3 is 1.77 bits per heavy atom. The predicted molar refractivity (Wildman–Crippen MR) is 45.2 cm³/mol. The standard InChI is InChI=1S/C9H16F3N/c1-6-4-3-5-7(2)8(6,13)9(10,11)12/h6-7H,3-5,13H2,1-2H3. The largest absolute Gasteiger partial charge is 0.406 e. The van der Waals surface area contributed by atoms with Gasteiger partial charge in [0.15, 0.2) is 0 Å². The van der Waals surface area contributed by atoms with Crippen LogP contribution >= 0.6 is 0 Å². The Hall–Kier alpha value is -0.250. The third kappa shape index (κ3) is 1.56. The first-order chi connectivity index (χ1) is 5.80. The molecule has 1 fully saturated rings. The summed E-state index contributed by atoms with van der Waals surface area (Å²) in [7, 11) is 0. The number of hydrogen-bond acceptors (Lipinski definition) is 1. The Kier molecular flexibility index (Phi) is 2.63. The summed E-state index contributed by atoms with van der Waals surface area (Å²) >= 11 is 0. The Morgan fingerprint density at radius 2 is 1.54 bits per heavy atom. The lowest BCUT2D eigenvalue weighted by atomic mass is 9.67. The van der Waals surface area contributed by atoms with Crippen molar-refractivity contribution in [2.45, 2.75) is 44.8 Å². The zero-order valence-electron chi connectivity index (χ0n) is 7.99. The topological polar surface area (TPSA) is 26.0 Å². The van der Waals surface area contributed by atoms with Crippen molar-refractivity contribution in [3.05, 3.63) is 0 Å². The first-order valence-electron chi connectivity index (χ1n) is 4.65. The van der Waals surface area contributed by atoms with E-state index in [4.69, 9.17) is 5.73 Å². The van der Waals surface area contributed by atoms with Gasteiger partial charge in [-0.3, -0.25) is 0 Å². The highest BCUT2D eigenvalue weighted by Gasteiger charge is 2.58. The summed E-state index contributed by atoms with van der Waals surface area (Å²) in [4.78, 5) is 0. The van der Waals surface area contributed by atoms with Crippen LogP contribution in [0.2, 0.25) is 0 Å². The van der Waals surface area contributed by atoms with E-state index in [1.54, 1.807) is 13.8 Å². The molecule has 13 heavy (non-hydrogen) atoms. The van der Waals surface area contributed by atoms with Crippen molar-refractivity contribution < 1.29 is 13.2 Å². The molecule has 1 aliphatic rings. The van der Waals surface area contributed by atoms with Crippen molar-refractivity contribution in [3.8, 4) is 0 Å². The molecule has 0 aromatic heterocycles. The molecule has 0 heterocycles. The second-order valence-electron chi connectivity index (χ2n) is 4.16. The smallest absolute Gasteiger partial charge is 0.317 e. The van der Waals surface area contributed by atoms with Crippen LogP contribution in [0.3, 0.4) is 0 Å². The van der Waals surface area contributed by atoms with Gasteiger partial charge in [-0.15, -0.1) is 0 Å². The van der Waals surface area contributed by atoms with Crippen LogP contribution in [0, 0.1) is 11.8 Å². The third-order valence-electron chi connectivity index (χ3n) is 3.40. The van der Waals surface area contributed by atoms with Gasteiger partial charge in [0.05, 0.1) is 0 Å². The maximum atomic E-state index is 12.7. The van der Waals surface area contributed by atoms with Crippen LogP contribution in [0.1, 0.15) is 33.1 Å². The lowest BCUT2D eigenvalue weighted by molar-refractivity contribution is -0.221. The first kappa shape index (κ1) is 10.8. The Bertz CT molecular complexity index is 178. The molecular weight excluding hydrogens is 179 g/mol. The van der Waals surface area contributed by atoms with E-state index in [2.05, 4.69) is 0 Å². The van der Waals surface area contributed by atoms with E-state index in [0.29, 0.717) is 12.8 Å². The highest BCUT2D eigenvalue weighted by molar-refractivity contribution is 5.02. The average molecular weight is 195 g/mol. The second-order valence-corrected chi connectivity index (χ2v) is 4.16. The van der Waals surface area contributed by atoms with Crippen LogP contribution in [0.4, 0.5) is 13.2 Å². The molecule has 0 aliphatic heterocycles. The van der Waals surface area contributed by atoms with E-state index in [1.807, 2.05) is 0 Å². The van der Waals surface area contributed by atoms with Gasteiger partial charge in [0.25, 0.3) is 0 Å². The molecule has 0 amide bonds. The van der Waals surface area contributed by atoms with Crippen molar-refractivity contribution in [2.75, 3.05) is 0 Å². The van der Waals surface area contributed by atoms with Crippen molar-refractivity contribution in [1.29, 1.82) is 0 Å². The summed E-state index contributed by atoms with van der Waals surface area (Å²) in [6.45, 7) is 3.20. The van der Waals surface area contributed by atoms with Crippen molar-refractivity contribution in [3.63, 3.8) is 0 Å². The maximum absolute atomic E-state index is 12.7. The van der Waals surface area contributed by atoms with E-state index in [-0.39, 0.29) is 0 Å². The zero-order valence-corrected chi connectivity index (χ0v) is 7.99. The molecule has 0 aromatic carbocycles. The van der Waals surface area contributed by atoms with Crippen LogP contribution in [0.5, 0.6) is 0 Å². The van der Waals surface area contributed by atoms with E-state index < -0.39 is 23.6 Å². The average Bonchev–Trinajstić information content (AvgIpc) is 1.97. The van der Waals surface area contributed by atoms with Crippen molar-refractivity contribution in [1.82, 2.24) is 0 Å². The highest BCUT2D eigenvalue weighted by Crippen LogP contribution is 2.46. The number of nitrogens with two attached hydrogens (primary N) is 1. The fourth-order valence-corrected chi connectivity index (χ4v) is 2.25. The minimum Gasteiger partial charge on any atom is -0.317 e. The van der Waals surface area contributed by atoms with Gasteiger partial charge in [0.1, 0.15) is 5.54 Å². The van der Waals surface area contributed by atoms with Gasteiger partial charge in [-0.05, 0) is 24.7 Å². The molecule has 0 radical (unpaired) electrons. The number of halogens is 3. The predicted octanol–water partition coefficient (Wildman–Crippen LogP) is 2.70. The molecule has 2 unspecified atom stereocenters. The quantitative estimate of drug-likeness (QED) is 0.632. The number of hydrogen-bond donors (Lipinski definition) is 1. The van der Waals surface area contributed by atoms with Gasteiger partial charge in [-0.25, -0.2) is 0 Å². The molecule has 78 valence electrons. The van der Waals surface area contributed by atoms with Gasteiger partial charge < -0.3 is 5.73 Å². The zero-order chi connectivity index (χ0) is 10.3. The SMILES string of the molecule is CC1CCCC(C)C1(N)C(F)(F)F. The molecule has 1 aliphatic carbocycles. The van der Waals surface area contributed by atoms with Gasteiger partial charge in [-0.1, -0.05) is 20.3 Å². The van der Waals surface area contributed by atoms with Gasteiger partial charge in [0, 0.05) is 0 Å². The normalized spacial score (nSPS) is 42.0. The Morgan fingerprint density at radius 1 is 1.15 bits per heavy atom. The molecule has 0 saturated heterocycles. The molecule has 1 rings (SSSR count). The van der Waals surface area contributed by atoms with Gasteiger partial charge in [-0.2, -0.15) is 13.2 Å². The summed E-state index contributed by atoms with van der Waals surface area (Å²) in [5, 5.41) is 0. The maximum Gasteiger partial charge on any atom is 0.406 e. The second kappa shape index (κ2) is 3.15. The van der Waals surface area contributed by atoms with Crippen molar-refractivity contribution in [2.24, 2.45) is 17.6 Å². The Balaban J connectivity index is 2.94. The fourth-order valence-electron chi connectivity index (χ4n) is 2.25. The molecular formula is C9H16F3N. The van der Waals surface area contributed by atoms with Crippen molar-refractivity contribution >= 4 is 0 Å². The fraction of sp³-hybridized carbons (Fsp3) is 1.00.